The van der Waals surface area contributed by atoms with E-state index in [0.29, 0.717) is 12.8 Å². The molecule has 2 amide bonds. The number of hydrogen-bond donors (Lipinski definition) is 1. The summed E-state index contributed by atoms with van der Waals surface area (Å²) >= 11 is 0. The third-order valence-electron chi connectivity index (χ3n) is 3.39. The van der Waals surface area contributed by atoms with E-state index in [4.69, 9.17) is 10.5 Å². The summed E-state index contributed by atoms with van der Waals surface area (Å²) < 4.78 is 5.38. The summed E-state index contributed by atoms with van der Waals surface area (Å²) in [5.41, 5.74) is 6.38. The third kappa shape index (κ3) is 7.13. The molecular weight excluding hydrogens is 304 g/mol. The van der Waals surface area contributed by atoms with Crippen molar-refractivity contribution in [2.45, 2.75) is 59.1 Å². The van der Waals surface area contributed by atoms with Gasteiger partial charge in [0.25, 0.3) is 0 Å². The molecule has 0 radical (unpaired) electrons. The minimum Gasteiger partial charge on any atom is -0.443 e. The van der Waals surface area contributed by atoms with Gasteiger partial charge in [0.15, 0.2) is 0 Å². The van der Waals surface area contributed by atoms with Gasteiger partial charge >= 0.3 is 6.09 Å². The molecule has 1 rings (SSSR count). The topological polar surface area (TPSA) is 72.6 Å². The van der Waals surface area contributed by atoms with Crippen molar-refractivity contribution in [3.8, 4) is 0 Å². The summed E-state index contributed by atoms with van der Waals surface area (Å²) in [6.07, 6.45) is 0.464. The standard InChI is InChI=1S/C19H30N2O3/c1-14(2)13-16(20)17(22)21(18(23)24-19(3,4)5)12-11-15-9-7-6-8-10-15/h6-10,14,16H,11-13,20H2,1-5H3/t16-/m0/s1. The summed E-state index contributed by atoms with van der Waals surface area (Å²) in [6.45, 7) is 9.57. The molecule has 0 saturated heterocycles. The molecule has 1 atom stereocenters. The zero-order valence-electron chi connectivity index (χ0n) is 15.4. The van der Waals surface area contributed by atoms with Gasteiger partial charge in [-0.25, -0.2) is 9.69 Å². The largest absolute Gasteiger partial charge is 0.443 e. The average Bonchev–Trinajstić information content (AvgIpc) is 2.45. The fraction of sp³-hybridized carbons (Fsp3) is 0.579. The fourth-order valence-electron chi connectivity index (χ4n) is 2.30. The lowest BCUT2D eigenvalue weighted by molar-refractivity contribution is -0.132. The molecule has 134 valence electrons. The van der Waals surface area contributed by atoms with E-state index in [9.17, 15) is 9.59 Å². The van der Waals surface area contributed by atoms with E-state index in [-0.39, 0.29) is 18.4 Å². The van der Waals surface area contributed by atoms with Crippen LogP contribution in [0.25, 0.3) is 0 Å². The monoisotopic (exact) mass is 334 g/mol. The lowest BCUT2D eigenvalue weighted by atomic mass is 10.0. The Labute approximate surface area is 145 Å². The Bertz CT molecular complexity index is 535. The molecule has 0 aliphatic rings. The van der Waals surface area contributed by atoms with Crippen LogP contribution in [-0.4, -0.2) is 35.1 Å². The predicted molar refractivity (Wildman–Crippen MR) is 95.5 cm³/mol. The van der Waals surface area contributed by atoms with Gasteiger partial charge in [0.1, 0.15) is 5.60 Å². The molecule has 0 aromatic heterocycles. The number of nitrogens with two attached hydrogens (primary N) is 1. The van der Waals surface area contributed by atoms with Crippen LogP contribution in [-0.2, 0) is 16.0 Å². The van der Waals surface area contributed by atoms with Crippen LogP contribution in [0.3, 0.4) is 0 Å². The molecule has 24 heavy (non-hydrogen) atoms. The normalized spacial score (nSPS) is 12.8. The van der Waals surface area contributed by atoms with Crippen molar-refractivity contribution in [2.75, 3.05) is 6.54 Å². The Hall–Kier alpha value is -1.88. The van der Waals surface area contributed by atoms with Crippen molar-refractivity contribution in [1.82, 2.24) is 4.90 Å². The van der Waals surface area contributed by atoms with Crippen molar-refractivity contribution in [3.63, 3.8) is 0 Å². The van der Waals surface area contributed by atoms with E-state index in [2.05, 4.69) is 0 Å². The van der Waals surface area contributed by atoms with Gasteiger partial charge in [-0.15, -0.1) is 0 Å². The van der Waals surface area contributed by atoms with Crippen LogP contribution in [0.4, 0.5) is 4.79 Å². The van der Waals surface area contributed by atoms with Crippen LogP contribution in [0.15, 0.2) is 30.3 Å². The van der Waals surface area contributed by atoms with E-state index in [1.807, 2.05) is 44.2 Å². The number of hydrogen-bond acceptors (Lipinski definition) is 4. The third-order valence-corrected chi connectivity index (χ3v) is 3.39. The molecule has 0 bridgehead atoms. The van der Waals surface area contributed by atoms with Gasteiger partial charge in [-0.05, 0) is 45.1 Å². The highest BCUT2D eigenvalue weighted by Crippen LogP contribution is 2.13. The number of benzene rings is 1. The molecule has 1 aromatic rings. The van der Waals surface area contributed by atoms with Gasteiger partial charge < -0.3 is 10.5 Å². The zero-order valence-corrected chi connectivity index (χ0v) is 15.4. The first-order valence-electron chi connectivity index (χ1n) is 8.44. The van der Waals surface area contributed by atoms with Crippen LogP contribution in [0, 0.1) is 5.92 Å². The Morgan fingerprint density at radius 1 is 1.17 bits per heavy atom. The van der Waals surface area contributed by atoms with Crippen molar-refractivity contribution < 1.29 is 14.3 Å². The van der Waals surface area contributed by atoms with E-state index >= 15 is 0 Å². The Morgan fingerprint density at radius 2 is 1.75 bits per heavy atom. The summed E-state index contributed by atoms with van der Waals surface area (Å²) in [4.78, 5) is 26.2. The maximum absolute atomic E-state index is 12.6. The number of rotatable bonds is 6. The molecule has 5 heteroatoms. The van der Waals surface area contributed by atoms with Gasteiger partial charge in [0, 0.05) is 6.54 Å². The smallest absolute Gasteiger partial charge is 0.417 e. The SMILES string of the molecule is CC(C)C[C@H](N)C(=O)N(CCc1ccccc1)C(=O)OC(C)(C)C. The van der Waals surface area contributed by atoms with Crippen LogP contribution in [0.1, 0.15) is 46.6 Å². The maximum atomic E-state index is 12.6. The van der Waals surface area contributed by atoms with E-state index in [1.54, 1.807) is 20.8 Å². The molecule has 2 N–H and O–H groups in total. The van der Waals surface area contributed by atoms with Crippen LogP contribution >= 0.6 is 0 Å². The summed E-state index contributed by atoms with van der Waals surface area (Å²) in [5.74, 6) is -0.104. The lowest BCUT2D eigenvalue weighted by Gasteiger charge is -2.28. The molecule has 0 fully saturated rings. The summed E-state index contributed by atoms with van der Waals surface area (Å²) in [7, 11) is 0. The molecule has 0 saturated carbocycles. The number of carbonyl (C=O) groups is 2. The van der Waals surface area contributed by atoms with Gasteiger partial charge in [-0.1, -0.05) is 44.2 Å². The molecule has 0 heterocycles. The maximum Gasteiger partial charge on any atom is 0.417 e. The highest BCUT2D eigenvalue weighted by Gasteiger charge is 2.30. The number of imide groups is 1. The quantitative estimate of drug-likeness (QED) is 0.866. The molecule has 1 aromatic carbocycles. The predicted octanol–water partition coefficient (Wildman–Crippen LogP) is 3.37. The van der Waals surface area contributed by atoms with Crippen LogP contribution < -0.4 is 5.73 Å². The first-order chi connectivity index (χ1) is 11.1. The highest BCUT2D eigenvalue weighted by atomic mass is 16.6. The number of nitrogens with zero attached hydrogens (tertiary/aromatic N) is 1. The van der Waals surface area contributed by atoms with Gasteiger partial charge in [0.2, 0.25) is 5.91 Å². The van der Waals surface area contributed by atoms with E-state index in [0.717, 1.165) is 10.5 Å². The fourth-order valence-corrected chi connectivity index (χ4v) is 2.30. The Kier molecular flexibility index (Phi) is 7.42. The van der Waals surface area contributed by atoms with Gasteiger partial charge in [0.05, 0.1) is 6.04 Å². The molecule has 0 unspecified atom stereocenters. The first kappa shape index (κ1) is 20.2. The number of ether oxygens (including phenoxy) is 1. The second kappa shape index (κ2) is 8.83. The average molecular weight is 334 g/mol. The minimum absolute atomic E-state index is 0.254. The van der Waals surface area contributed by atoms with Crippen molar-refractivity contribution in [3.05, 3.63) is 35.9 Å². The zero-order chi connectivity index (χ0) is 18.3. The van der Waals surface area contributed by atoms with E-state index in [1.165, 1.54) is 0 Å². The summed E-state index contributed by atoms with van der Waals surface area (Å²) in [5, 5.41) is 0. The first-order valence-corrected chi connectivity index (χ1v) is 8.44. The van der Waals surface area contributed by atoms with Crippen molar-refractivity contribution in [1.29, 1.82) is 0 Å². The highest BCUT2D eigenvalue weighted by molar-refractivity contribution is 5.95. The molecule has 0 spiro atoms. The second-order valence-corrected chi connectivity index (χ2v) is 7.44. The van der Waals surface area contributed by atoms with Crippen molar-refractivity contribution >= 4 is 12.0 Å². The van der Waals surface area contributed by atoms with Crippen LogP contribution in [0.2, 0.25) is 0 Å². The van der Waals surface area contributed by atoms with Crippen molar-refractivity contribution in [2.24, 2.45) is 11.7 Å². The second-order valence-electron chi connectivity index (χ2n) is 7.44. The molecule has 0 aliphatic heterocycles. The lowest BCUT2D eigenvalue weighted by Crippen LogP contribution is -2.49. The molecule has 0 aliphatic carbocycles. The summed E-state index contributed by atoms with van der Waals surface area (Å²) in [6, 6.07) is 9.02. The Morgan fingerprint density at radius 3 is 2.25 bits per heavy atom. The minimum atomic E-state index is -0.701. The number of amides is 2. The molecular formula is C19H30N2O3. The molecule has 5 nitrogen and oxygen atoms in total. The van der Waals surface area contributed by atoms with E-state index < -0.39 is 17.7 Å². The van der Waals surface area contributed by atoms with Gasteiger partial charge in [-0.3, -0.25) is 4.79 Å². The Balaban J connectivity index is 2.85. The van der Waals surface area contributed by atoms with Crippen LogP contribution in [0.5, 0.6) is 0 Å². The number of carbonyl (C=O) groups excluding carboxylic acids is 2. The van der Waals surface area contributed by atoms with Gasteiger partial charge in [-0.2, -0.15) is 0 Å².